The van der Waals surface area contributed by atoms with E-state index >= 15 is 0 Å². The number of nitrogens with zero attached hydrogens (tertiary/aromatic N) is 2. The molecule has 1 aromatic heterocycles. The number of carbonyl (C=O) groups excluding carboxylic acids is 2. The number of halogens is 3. The fourth-order valence-electron chi connectivity index (χ4n) is 4.87. The molecule has 11 heteroatoms. The lowest BCUT2D eigenvalue weighted by Crippen LogP contribution is -2.56. The number of likely N-dealkylation sites (tertiary alicyclic amines) is 2. The highest BCUT2D eigenvalue weighted by Crippen LogP contribution is 2.44. The van der Waals surface area contributed by atoms with Gasteiger partial charge in [-0.25, -0.2) is 4.79 Å². The number of amides is 2. The highest BCUT2D eigenvalue weighted by Gasteiger charge is 2.57. The number of carboxylic acid groups (broad SMARTS) is 1. The molecule has 0 saturated carbocycles. The molecule has 3 saturated heterocycles. The molecule has 4 rings (SSSR count). The minimum atomic E-state index is -5.08. The van der Waals surface area contributed by atoms with E-state index in [1.54, 1.807) is 0 Å². The summed E-state index contributed by atoms with van der Waals surface area (Å²) in [6.07, 6.45) is -0.905. The molecule has 3 fully saturated rings. The molecular formula is C21H28F3N3O4S. The molecule has 2 N–H and O–H groups in total. The van der Waals surface area contributed by atoms with Crippen LogP contribution in [0.5, 0.6) is 0 Å². The van der Waals surface area contributed by atoms with E-state index in [-0.39, 0.29) is 23.3 Å². The molecule has 0 aliphatic carbocycles. The molecular weight excluding hydrogens is 447 g/mol. The highest BCUT2D eigenvalue weighted by atomic mass is 32.1. The van der Waals surface area contributed by atoms with E-state index in [4.69, 9.17) is 9.90 Å². The monoisotopic (exact) mass is 475 g/mol. The van der Waals surface area contributed by atoms with Crippen LogP contribution in [0.1, 0.15) is 42.3 Å². The van der Waals surface area contributed by atoms with Gasteiger partial charge in [-0.15, -0.1) is 11.3 Å². The predicted octanol–water partition coefficient (Wildman–Crippen LogP) is 2.83. The summed E-state index contributed by atoms with van der Waals surface area (Å²) in [5.74, 6) is -1.82. The Balaban J connectivity index is 0.000000360. The van der Waals surface area contributed by atoms with E-state index in [2.05, 4.69) is 17.1 Å². The van der Waals surface area contributed by atoms with Crippen LogP contribution < -0.4 is 5.32 Å². The first-order valence-electron chi connectivity index (χ1n) is 10.7. The molecule has 3 aliphatic rings. The Hall–Kier alpha value is -2.14. The van der Waals surface area contributed by atoms with E-state index in [1.165, 1.54) is 24.2 Å². The first kappa shape index (κ1) is 24.5. The average Bonchev–Trinajstić information content (AvgIpc) is 3.46. The standard InChI is InChI=1S/C19H27N3O2S.C2HF3O2/c1-2-3-8-21-12-14-15(13-21)19(20-17(14)23)6-9-22(10-7-19)18(24)16-5-4-11-25-16;3-2(4,5)1(6)7/h4-5,11,14-15H,2-3,6-10,12-13H2,1H3,(H,20,23);(H,6,7)/t14-,15+;/m1./s1. The summed E-state index contributed by atoms with van der Waals surface area (Å²) >= 11 is 1.50. The summed E-state index contributed by atoms with van der Waals surface area (Å²) in [6.45, 7) is 6.75. The Bertz CT molecular complexity index is 823. The summed E-state index contributed by atoms with van der Waals surface area (Å²) in [5.41, 5.74) is -0.0883. The lowest BCUT2D eigenvalue weighted by atomic mass is 9.75. The van der Waals surface area contributed by atoms with Crippen LogP contribution in [-0.4, -0.2) is 77.1 Å². The summed E-state index contributed by atoms with van der Waals surface area (Å²) in [6, 6.07) is 3.82. The molecule has 7 nitrogen and oxygen atoms in total. The second-order valence-corrected chi connectivity index (χ2v) is 9.49. The molecule has 0 aromatic carbocycles. The van der Waals surface area contributed by atoms with Gasteiger partial charge in [0, 0.05) is 37.6 Å². The summed E-state index contributed by atoms with van der Waals surface area (Å²) in [5, 5.41) is 12.4. The number of carbonyl (C=O) groups is 3. The van der Waals surface area contributed by atoms with Gasteiger partial charge in [0.15, 0.2) is 0 Å². The minimum absolute atomic E-state index is 0.0883. The van der Waals surface area contributed by atoms with Gasteiger partial charge in [0.05, 0.1) is 10.8 Å². The van der Waals surface area contributed by atoms with E-state index in [0.29, 0.717) is 5.92 Å². The summed E-state index contributed by atoms with van der Waals surface area (Å²) in [7, 11) is 0. The third kappa shape index (κ3) is 5.25. The van der Waals surface area contributed by atoms with Crippen LogP contribution >= 0.6 is 11.3 Å². The lowest BCUT2D eigenvalue weighted by Gasteiger charge is -2.42. The van der Waals surface area contributed by atoms with Crippen LogP contribution in [0.3, 0.4) is 0 Å². The number of nitrogens with one attached hydrogen (secondary N) is 1. The van der Waals surface area contributed by atoms with Crippen molar-refractivity contribution in [2.45, 2.75) is 44.3 Å². The molecule has 0 bridgehead atoms. The number of rotatable bonds is 4. The fraction of sp³-hybridized carbons (Fsp3) is 0.667. The molecule has 0 radical (unpaired) electrons. The third-order valence-corrected chi connectivity index (χ3v) is 7.42. The highest BCUT2D eigenvalue weighted by molar-refractivity contribution is 7.12. The smallest absolute Gasteiger partial charge is 0.475 e. The van der Waals surface area contributed by atoms with Gasteiger partial charge in [-0.2, -0.15) is 13.2 Å². The van der Waals surface area contributed by atoms with Crippen molar-refractivity contribution in [2.75, 3.05) is 32.7 Å². The maximum atomic E-state index is 12.6. The van der Waals surface area contributed by atoms with E-state index in [0.717, 1.165) is 50.4 Å². The first-order chi connectivity index (χ1) is 15.1. The Morgan fingerprint density at radius 1 is 1.28 bits per heavy atom. The van der Waals surface area contributed by atoms with Gasteiger partial charge in [-0.05, 0) is 37.3 Å². The van der Waals surface area contributed by atoms with Crippen LogP contribution in [0, 0.1) is 11.8 Å². The number of carboxylic acids is 1. The Kier molecular flexibility index (Phi) is 7.49. The number of unbranched alkanes of at least 4 members (excludes halogenated alkanes) is 1. The van der Waals surface area contributed by atoms with E-state index in [9.17, 15) is 22.8 Å². The molecule has 1 spiro atoms. The van der Waals surface area contributed by atoms with Crippen molar-refractivity contribution in [1.82, 2.24) is 15.1 Å². The van der Waals surface area contributed by atoms with Crippen LogP contribution in [0.2, 0.25) is 0 Å². The van der Waals surface area contributed by atoms with Crippen molar-refractivity contribution in [3.63, 3.8) is 0 Å². The molecule has 2 atom stereocenters. The van der Waals surface area contributed by atoms with E-state index < -0.39 is 12.1 Å². The molecule has 32 heavy (non-hydrogen) atoms. The number of piperidine rings is 1. The Labute approximate surface area is 188 Å². The SMILES string of the molecule is CCCCN1C[C@H]2C(=O)NC3(CCN(C(=O)c4cccs4)CC3)[C@H]2C1.O=C(O)C(F)(F)F. The zero-order chi connectivity index (χ0) is 23.5. The van der Waals surface area contributed by atoms with Crippen molar-refractivity contribution >= 4 is 29.1 Å². The second kappa shape index (κ2) is 9.78. The number of hydrogen-bond acceptors (Lipinski definition) is 5. The van der Waals surface area contributed by atoms with Crippen molar-refractivity contribution < 1.29 is 32.7 Å². The molecule has 2 amide bonds. The fourth-order valence-corrected chi connectivity index (χ4v) is 5.56. The van der Waals surface area contributed by atoms with Crippen LogP contribution in [0.4, 0.5) is 13.2 Å². The largest absolute Gasteiger partial charge is 0.490 e. The van der Waals surface area contributed by atoms with Crippen molar-refractivity contribution in [1.29, 1.82) is 0 Å². The number of aliphatic carboxylic acids is 1. The van der Waals surface area contributed by atoms with Crippen molar-refractivity contribution in [3.05, 3.63) is 22.4 Å². The van der Waals surface area contributed by atoms with E-state index in [1.807, 2.05) is 22.4 Å². The number of alkyl halides is 3. The molecule has 4 heterocycles. The van der Waals surface area contributed by atoms with Crippen LogP contribution in [-0.2, 0) is 9.59 Å². The number of fused-ring (bicyclic) bond motifs is 2. The van der Waals surface area contributed by atoms with Gasteiger partial charge >= 0.3 is 12.1 Å². The molecule has 1 aromatic rings. The topological polar surface area (TPSA) is 90.0 Å². The Morgan fingerprint density at radius 2 is 1.94 bits per heavy atom. The van der Waals surface area contributed by atoms with Crippen LogP contribution in [0.25, 0.3) is 0 Å². The third-order valence-electron chi connectivity index (χ3n) is 6.56. The average molecular weight is 476 g/mol. The van der Waals surface area contributed by atoms with Gasteiger partial charge in [-0.1, -0.05) is 19.4 Å². The quantitative estimate of drug-likeness (QED) is 0.699. The van der Waals surface area contributed by atoms with Gasteiger partial charge < -0.3 is 20.2 Å². The molecule has 178 valence electrons. The van der Waals surface area contributed by atoms with Crippen LogP contribution in [0.15, 0.2) is 17.5 Å². The van der Waals surface area contributed by atoms with Gasteiger partial charge in [0.2, 0.25) is 5.91 Å². The Morgan fingerprint density at radius 3 is 2.47 bits per heavy atom. The minimum Gasteiger partial charge on any atom is -0.475 e. The van der Waals surface area contributed by atoms with Gasteiger partial charge in [0.25, 0.3) is 5.91 Å². The number of thiophene rings is 1. The maximum Gasteiger partial charge on any atom is 0.490 e. The predicted molar refractivity (Wildman–Crippen MR) is 112 cm³/mol. The van der Waals surface area contributed by atoms with Crippen molar-refractivity contribution in [3.8, 4) is 0 Å². The van der Waals surface area contributed by atoms with Gasteiger partial charge in [-0.3, -0.25) is 9.59 Å². The first-order valence-corrected chi connectivity index (χ1v) is 11.6. The molecule has 3 aliphatic heterocycles. The zero-order valence-electron chi connectivity index (χ0n) is 17.9. The summed E-state index contributed by atoms with van der Waals surface area (Å²) in [4.78, 5) is 39.2. The zero-order valence-corrected chi connectivity index (χ0v) is 18.7. The lowest BCUT2D eigenvalue weighted by molar-refractivity contribution is -0.192. The maximum absolute atomic E-state index is 12.6. The van der Waals surface area contributed by atoms with Crippen molar-refractivity contribution in [2.24, 2.45) is 11.8 Å². The summed E-state index contributed by atoms with van der Waals surface area (Å²) < 4.78 is 31.7. The normalized spacial score (nSPS) is 24.6. The molecule has 0 unspecified atom stereocenters. The number of hydrogen-bond donors (Lipinski definition) is 2. The second-order valence-electron chi connectivity index (χ2n) is 8.54. The van der Waals surface area contributed by atoms with Gasteiger partial charge in [0.1, 0.15) is 0 Å².